The van der Waals surface area contributed by atoms with Crippen molar-refractivity contribution in [2.75, 3.05) is 23.3 Å². The molecule has 0 fully saturated rings. The molecule has 0 bridgehead atoms. The molecule has 5 nitrogen and oxygen atoms in total. The number of rotatable bonds is 3. The van der Waals surface area contributed by atoms with Crippen molar-refractivity contribution in [1.29, 1.82) is 0 Å². The van der Waals surface area contributed by atoms with E-state index in [1.165, 1.54) is 10.4 Å². The first kappa shape index (κ1) is 13.6. The molecule has 7 heteroatoms. The summed E-state index contributed by atoms with van der Waals surface area (Å²) < 4.78 is 0. The van der Waals surface area contributed by atoms with E-state index < -0.39 is 0 Å². The fraction of sp³-hybridized carbons (Fsp3) is 0.462. The maximum atomic E-state index is 6.00. The van der Waals surface area contributed by atoms with Crippen LogP contribution in [-0.4, -0.2) is 28.0 Å². The van der Waals surface area contributed by atoms with Gasteiger partial charge < -0.3 is 10.2 Å². The van der Waals surface area contributed by atoms with Crippen LogP contribution in [0.2, 0.25) is 5.28 Å². The van der Waals surface area contributed by atoms with E-state index in [1.807, 2.05) is 18.3 Å². The zero-order chi connectivity index (χ0) is 14.1. The highest BCUT2D eigenvalue weighted by Crippen LogP contribution is 2.34. The summed E-state index contributed by atoms with van der Waals surface area (Å²) in [7, 11) is 0. The minimum Gasteiger partial charge on any atom is -0.354 e. The number of nitrogens with one attached hydrogen (secondary N) is 1. The van der Waals surface area contributed by atoms with Crippen molar-refractivity contribution in [2.24, 2.45) is 0 Å². The van der Waals surface area contributed by atoms with Crippen LogP contribution in [0.25, 0.3) is 0 Å². The summed E-state index contributed by atoms with van der Waals surface area (Å²) in [4.78, 5) is 16.5. The van der Waals surface area contributed by atoms with Gasteiger partial charge >= 0.3 is 0 Å². The summed E-state index contributed by atoms with van der Waals surface area (Å²) >= 11 is 7.83. The first-order valence-corrected chi connectivity index (χ1v) is 7.93. The van der Waals surface area contributed by atoms with Gasteiger partial charge in [0.2, 0.25) is 17.2 Å². The number of hydrogen-bond acceptors (Lipinski definition) is 6. The van der Waals surface area contributed by atoms with E-state index in [2.05, 4.69) is 43.5 Å². The van der Waals surface area contributed by atoms with Crippen LogP contribution in [0.3, 0.4) is 0 Å². The minimum absolute atomic E-state index is 0.231. The molecule has 3 heterocycles. The van der Waals surface area contributed by atoms with E-state index in [0.717, 1.165) is 19.5 Å². The highest BCUT2D eigenvalue weighted by atomic mass is 35.5. The van der Waals surface area contributed by atoms with Gasteiger partial charge in [-0.3, -0.25) is 0 Å². The Morgan fingerprint density at radius 2 is 2.30 bits per heavy atom. The molecule has 1 aliphatic heterocycles. The topological polar surface area (TPSA) is 53.9 Å². The second-order valence-electron chi connectivity index (χ2n) is 4.68. The predicted octanol–water partition coefficient (Wildman–Crippen LogP) is 3.14. The second-order valence-corrected chi connectivity index (χ2v) is 6.02. The Morgan fingerprint density at radius 3 is 3.10 bits per heavy atom. The summed E-state index contributed by atoms with van der Waals surface area (Å²) in [5, 5.41) is 5.46. The maximum Gasteiger partial charge on any atom is 0.231 e. The smallest absolute Gasteiger partial charge is 0.231 e. The fourth-order valence-corrected chi connectivity index (χ4v) is 3.61. The van der Waals surface area contributed by atoms with E-state index in [9.17, 15) is 0 Å². The number of aromatic nitrogens is 3. The lowest BCUT2D eigenvalue weighted by atomic mass is 10.0. The molecule has 3 rings (SSSR count). The average Bonchev–Trinajstić information content (AvgIpc) is 2.88. The quantitative estimate of drug-likeness (QED) is 0.944. The van der Waals surface area contributed by atoms with Gasteiger partial charge in [0.15, 0.2) is 0 Å². The number of thiophene rings is 1. The monoisotopic (exact) mass is 309 g/mol. The van der Waals surface area contributed by atoms with Crippen LogP contribution in [0.4, 0.5) is 11.9 Å². The molecule has 1 N–H and O–H groups in total. The van der Waals surface area contributed by atoms with Crippen molar-refractivity contribution in [2.45, 2.75) is 26.3 Å². The van der Waals surface area contributed by atoms with E-state index >= 15 is 0 Å². The third-order valence-electron chi connectivity index (χ3n) is 3.47. The first-order chi connectivity index (χ1) is 9.69. The molecule has 0 aromatic carbocycles. The summed E-state index contributed by atoms with van der Waals surface area (Å²) in [5.41, 5.74) is 1.36. The van der Waals surface area contributed by atoms with Crippen molar-refractivity contribution in [3.63, 3.8) is 0 Å². The summed E-state index contributed by atoms with van der Waals surface area (Å²) in [6.45, 7) is 5.83. The van der Waals surface area contributed by atoms with Gasteiger partial charge in [-0.05, 0) is 48.9 Å². The highest BCUT2D eigenvalue weighted by Gasteiger charge is 2.27. The number of nitrogens with zero attached hydrogens (tertiary/aromatic N) is 4. The van der Waals surface area contributed by atoms with Gasteiger partial charge in [0.05, 0.1) is 6.04 Å². The summed E-state index contributed by atoms with van der Waals surface area (Å²) in [5.74, 6) is 1.18. The molecule has 2 aromatic heterocycles. The second kappa shape index (κ2) is 5.54. The number of halogens is 1. The third kappa shape index (κ3) is 2.45. The number of hydrogen-bond donors (Lipinski definition) is 1. The van der Waals surface area contributed by atoms with Gasteiger partial charge in [-0.25, -0.2) is 0 Å². The SMILES string of the molecule is CCNc1nc(Cl)nc(N2CCc3sccc3C2C)n1. The van der Waals surface area contributed by atoms with Gasteiger partial charge in [0, 0.05) is 18.0 Å². The molecule has 106 valence electrons. The van der Waals surface area contributed by atoms with Gasteiger partial charge in [-0.2, -0.15) is 15.0 Å². The third-order valence-corrected chi connectivity index (χ3v) is 4.63. The molecule has 0 saturated carbocycles. The number of fused-ring (bicyclic) bond motifs is 1. The van der Waals surface area contributed by atoms with Gasteiger partial charge in [0.25, 0.3) is 0 Å². The Hall–Kier alpha value is -1.40. The Kier molecular flexibility index (Phi) is 3.76. The van der Waals surface area contributed by atoms with E-state index in [0.29, 0.717) is 11.9 Å². The fourth-order valence-electron chi connectivity index (χ4n) is 2.49. The highest BCUT2D eigenvalue weighted by molar-refractivity contribution is 7.10. The molecular weight excluding hydrogens is 294 g/mol. The molecule has 1 aliphatic rings. The van der Waals surface area contributed by atoms with Crippen molar-refractivity contribution in [1.82, 2.24) is 15.0 Å². The van der Waals surface area contributed by atoms with Crippen molar-refractivity contribution < 1.29 is 0 Å². The van der Waals surface area contributed by atoms with Crippen LogP contribution in [-0.2, 0) is 6.42 Å². The molecule has 0 saturated heterocycles. The summed E-state index contributed by atoms with van der Waals surface area (Å²) in [6, 6.07) is 2.45. The van der Waals surface area contributed by atoms with Gasteiger partial charge in [-0.15, -0.1) is 11.3 Å². The predicted molar refractivity (Wildman–Crippen MR) is 82.8 cm³/mol. The standard InChI is InChI=1S/C13H16ClN5S/c1-3-15-12-16-11(14)17-13(18-12)19-6-4-10-9(8(19)2)5-7-20-10/h5,7-8H,3-4,6H2,1-2H3,(H,15,16,17,18). The lowest BCUT2D eigenvalue weighted by molar-refractivity contribution is 0.614. The normalized spacial score (nSPS) is 17.9. The molecule has 0 spiro atoms. The molecule has 1 unspecified atom stereocenters. The van der Waals surface area contributed by atoms with Crippen LogP contribution in [0.1, 0.15) is 30.3 Å². The lowest BCUT2D eigenvalue weighted by Crippen LogP contribution is -2.34. The molecule has 1 atom stereocenters. The summed E-state index contributed by atoms with van der Waals surface area (Å²) in [6.07, 6.45) is 1.02. The zero-order valence-corrected chi connectivity index (χ0v) is 13.0. The van der Waals surface area contributed by atoms with Crippen LogP contribution in [0.15, 0.2) is 11.4 Å². The van der Waals surface area contributed by atoms with Gasteiger partial charge in [0.1, 0.15) is 0 Å². The van der Waals surface area contributed by atoms with Crippen LogP contribution in [0.5, 0.6) is 0 Å². The first-order valence-electron chi connectivity index (χ1n) is 6.67. The molecule has 0 amide bonds. The van der Waals surface area contributed by atoms with Crippen molar-refractivity contribution in [3.05, 3.63) is 27.2 Å². The van der Waals surface area contributed by atoms with Crippen LogP contribution < -0.4 is 10.2 Å². The Balaban J connectivity index is 1.93. The molecule has 0 aliphatic carbocycles. The lowest BCUT2D eigenvalue weighted by Gasteiger charge is -2.33. The zero-order valence-electron chi connectivity index (χ0n) is 11.4. The Bertz CT molecular complexity index is 615. The molecule has 0 radical (unpaired) electrons. The average molecular weight is 310 g/mol. The Labute approximate surface area is 127 Å². The number of anilines is 2. The molecular formula is C13H16ClN5S. The van der Waals surface area contributed by atoms with E-state index in [4.69, 9.17) is 11.6 Å². The van der Waals surface area contributed by atoms with E-state index in [-0.39, 0.29) is 11.3 Å². The van der Waals surface area contributed by atoms with Crippen LogP contribution >= 0.6 is 22.9 Å². The Morgan fingerprint density at radius 1 is 1.45 bits per heavy atom. The largest absolute Gasteiger partial charge is 0.354 e. The van der Waals surface area contributed by atoms with Crippen molar-refractivity contribution in [3.8, 4) is 0 Å². The van der Waals surface area contributed by atoms with E-state index in [1.54, 1.807) is 0 Å². The maximum absolute atomic E-state index is 6.00. The molecule has 2 aromatic rings. The van der Waals surface area contributed by atoms with Crippen molar-refractivity contribution >= 4 is 34.8 Å². The van der Waals surface area contributed by atoms with Crippen LogP contribution in [0, 0.1) is 0 Å². The van der Waals surface area contributed by atoms with Gasteiger partial charge in [-0.1, -0.05) is 0 Å². The molecule has 20 heavy (non-hydrogen) atoms. The minimum atomic E-state index is 0.231.